The fourth-order valence-corrected chi connectivity index (χ4v) is 7.64. The second-order valence-corrected chi connectivity index (χ2v) is 12.8. The highest BCUT2D eigenvalue weighted by molar-refractivity contribution is 7.59. The predicted octanol–water partition coefficient (Wildman–Crippen LogP) is 3.86. The standard InChI is InChI=1S/C14H24F3NO4P2/c1-23(19,20)8-18(9-24(21,22)14(15,16)17)13-5-10-2-11(6-13)4-12(3-10)7-13/h10-12H,2-9H2,1H3,(H,19,20)(H,21,22). The van der Waals surface area contributed by atoms with Crippen LogP contribution < -0.4 is 0 Å². The summed E-state index contributed by atoms with van der Waals surface area (Å²) in [7, 11) is -9.10. The molecule has 2 N–H and O–H groups in total. The Kier molecular flexibility index (Phi) is 4.58. The highest BCUT2D eigenvalue weighted by Gasteiger charge is 2.58. The molecule has 4 saturated carbocycles. The van der Waals surface area contributed by atoms with E-state index in [-0.39, 0.29) is 0 Å². The van der Waals surface area contributed by atoms with Crippen molar-refractivity contribution in [3.05, 3.63) is 0 Å². The van der Waals surface area contributed by atoms with Gasteiger partial charge in [0.05, 0.1) is 12.6 Å². The van der Waals surface area contributed by atoms with Crippen LogP contribution in [-0.4, -0.2) is 45.4 Å². The van der Waals surface area contributed by atoms with Crippen LogP contribution in [0.5, 0.6) is 0 Å². The van der Waals surface area contributed by atoms with E-state index in [0.717, 1.165) is 25.9 Å². The molecule has 140 valence electrons. The average molecular weight is 389 g/mol. The van der Waals surface area contributed by atoms with Crippen LogP contribution in [0.2, 0.25) is 0 Å². The molecule has 0 aromatic heterocycles. The molecule has 0 aliphatic heterocycles. The Morgan fingerprint density at radius 2 is 1.42 bits per heavy atom. The summed E-state index contributed by atoms with van der Waals surface area (Å²) >= 11 is 0. The minimum absolute atomic E-state index is 0.414. The molecule has 2 atom stereocenters. The van der Waals surface area contributed by atoms with Gasteiger partial charge in [-0.15, -0.1) is 0 Å². The summed E-state index contributed by atoms with van der Waals surface area (Å²) in [6.45, 7) is 1.09. The Balaban J connectivity index is 1.91. The zero-order valence-corrected chi connectivity index (χ0v) is 15.4. The molecule has 5 nitrogen and oxygen atoms in total. The molecule has 10 heteroatoms. The Bertz CT molecular complexity index is 568. The van der Waals surface area contributed by atoms with Gasteiger partial charge in [0.1, 0.15) is 0 Å². The van der Waals surface area contributed by atoms with Gasteiger partial charge in [-0.25, -0.2) is 0 Å². The van der Waals surface area contributed by atoms with E-state index >= 15 is 0 Å². The molecule has 0 radical (unpaired) electrons. The third-order valence-corrected chi connectivity index (χ3v) is 8.25. The first-order chi connectivity index (χ1) is 10.8. The Labute approximate surface area is 139 Å². The van der Waals surface area contributed by atoms with Gasteiger partial charge in [-0.2, -0.15) is 13.2 Å². The average Bonchev–Trinajstić information content (AvgIpc) is 2.32. The molecule has 4 bridgehead atoms. The number of alkyl halides is 3. The highest BCUT2D eigenvalue weighted by Crippen LogP contribution is 2.63. The summed E-state index contributed by atoms with van der Waals surface area (Å²) in [5.74, 6) is -3.96. The summed E-state index contributed by atoms with van der Waals surface area (Å²) in [5, 5.41) is 0. The van der Waals surface area contributed by atoms with Crippen LogP contribution >= 0.6 is 14.7 Å². The molecule has 4 rings (SSSR count). The lowest BCUT2D eigenvalue weighted by atomic mass is 9.52. The molecule has 0 saturated heterocycles. The maximum Gasteiger partial charge on any atom is 0.466 e. The Hall–Kier alpha value is 0.130. The molecule has 4 fully saturated rings. The quantitative estimate of drug-likeness (QED) is 0.699. The lowest BCUT2D eigenvalue weighted by molar-refractivity contribution is -0.0842. The molecular formula is C14H24F3NO4P2. The van der Waals surface area contributed by atoms with Crippen molar-refractivity contribution >= 4 is 14.7 Å². The smallest absolute Gasteiger partial charge is 0.344 e. The van der Waals surface area contributed by atoms with E-state index in [1.54, 1.807) is 0 Å². The number of rotatable bonds is 5. The first-order valence-corrected chi connectivity index (χ1v) is 12.4. The van der Waals surface area contributed by atoms with E-state index in [1.165, 1.54) is 4.90 Å². The molecular weight excluding hydrogens is 365 g/mol. The monoisotopic (exact) mass is 389 g/mol. The van der Waals surface area contributed by atoms with Crippen LogP contribution in [-0.2, 0) is 9.13 Å². The van der Waals surface area contributed by atoms with Gasteiger partial charge < -0.3 is 9.79 Å². The van der Waals surface area contributed by atoms with Crippen molar-refractivity contribution in [1.82, 2.24) is 4.90 Å². The van der Waals surface area contributed by atoms with E-state index in [1.807, 2.05) is 0 Å². The molecule has 0 heterocycles. The van der Waals surface area contributed by atoms with Crippen LogP contribution in [0.3, 0.4) is 0 Å². The van der Waals surface area contributed by atoms with Crippen LogP contribution in [0.25, 0.3) is 0 Å². The van der Waals surface area contributed by atoms with Crippen molar-refractivity contribution in [3.8, 4) is 0 Å². The summed E-state index contributed by atoms with van der Waals surface area (Å²) in [5.41, 5.74) is -0.632. The second kappa shape index (κ2) is 5.82. The van der Waals surface area contributed by atoms with Gasteiger partial charge in [-0.05, 0) is 56.3 Å². The predicted molar refractivity (Wildman–Crippen MR) is 84.1 cm³/mol. The highest BCUT2D eigenvalue weighted by atomic mass is 31.2. The summed E-state index contributed by atoms with van der Waals surface area (Å²) < 4.78 is 62.5. The first kappa shape index (κ1) is 18.9. The van der Waals surface area contributed by atoms with Gasteiger partial charge in [-0.1, -0.05) is 0 Å². The van der Waals surface area contributed by atoms with Crippen LogP contribution in [0, 0.1) is 17.8 Å². The molecule has 4 aliphatic rings. The van der Waals surface area contributed by atoms with Crippen molar-refractivity contribution in [1.29, 1.82) is 0 Å². The van der Waals surface area contributed by atoms with E-state index in [0.29, 0.717) is 37.0 Å². The molecule has 24 heavy (non-hydrogen) atoms. The zero-order chi connectivity index (χ0) is 18.0. The third kappa shape index (κ3) is 3.64. The largest absolute Gasteiger partial charge is 0.466 e. The SMILES string of the molecule is CP(=O)(O)CN(CP(=O)(O)C(F)(F)F)C12CC3CC(CC(C3)C1)C2. The van der Waals surface area contributed by atoms with Gasteiger partial charge >= 0.3 is 13.3 Å². The Morgan fingerprint density at radius 3 is 1.75 bits per heavy atom. The van der Waals surface area contributed by atoms with Crippen LogP contribution in [0.1, 0.15) is 38.5 Å². The number of halogens is 3. The first-order valence-electron chi connectivity index (χ1n) is 8.23. The van der Waals surface area contributed by atoms with Crippen LogP contribution in [0.4, 0.5) is 13.2 Å². The van der Waals surface area contributed by atoms with Crippen molar-refractivity contribution in [2.75, 3.05) is 19.2 Å². The molecule has 4 aliphatic carbocycles. The maximum absolute atomic E-state index is 12.9. The van der Waals surface area contributed by atoms with Crippen molar-refractivity contribution in [2.24, 2.45) is 17.8 Å². The molecule has 0 spiro atoms. The van der Waals surface area contributed by atoms with Crippen molar-refractivity contribution < 1.29 is 32.1 Å². The van der Waals surface area contributed by atoms with Gasteiger partial charge in [0.2, 0.25) is 7.37 Å². The molecule has 0 amide bonds. The van der Waals surface area contributed by atoms with Crippen molar-refractivity contribution in [2.45, 2.75) is 50.0 Å². The second-order valence-electron chi connectivity index (χ2n) is 8.18. The van der Waals surface area contributed by atoms with Gasteiger partial charge in [-0.3, -0.25) is 14.0 Å². The van der Waals surface area contributed by atoms with Gasteiger partial charge in [0, 0.05) is 12.2 Å². The summed E-state index contributed by atoms with van der Waals surface area (Å²) in [6.07, 6.45) is 3.63. The summed E-state index contributed by atoms with van der Waals surface area (Å²) in [4.78, 5) is 20.5. The minimum atomic E-state index is -5.45. The molecule has 0 aromatic rings. The number of hydrogen-bond donors (Lipinski definition) is 2. The maximum atomic E-state index is 12.9. The van der Waals surface area contributed by atoms with E-state index in [4.69, 9.17) is 0 Å². The minimum Gasteiger partial charge on any atom is -0.344 e. The van der Waals surface area contributed by atoms with E-state index in [9.17, 15) is 32.1 Å². The normalized spacial score (nSPS) is 40.5. The lowest BCUT2D eigenvalue weighted by Crippen LogP contribution is -2.60. The lowest BCUT2D eigenvalue weighted by Gasteiger charge is -2.60. The molecule has 0 aromatic carbocycles. The summed E-state index contributed by atoms with van der Waals surface area (Å²) in [6, 6.07) is 0. The topological polar surface area (TPSA) is 77.8 Å². The van der Waals surface area contributed by atoms with Crippen molar-refractivity contribution in [3.63, 3.8) is 0 Å². The number of nitrogens with zero attached hydrogens (tertiary/aromatic N) is 1. The van der Waals surface area contributed by atoms with Gasteiger partial charge in [0.15, 0.2) is 0 Å². The third-order valence-electron chi connectivity index (χ3n) is 5.87. The van der Waals surface area contributed by atoms with Gasteiger partial charge in [0.25, 0.3) is 0 Å². The zero-order valence-electron chi connectivity index (χ0n) is 13.6. The fraction of sp³-hybridized carbons (Fsp3) is 1.00. The van der Waals surface area contributed by atoms with Crippen LogP contribution in [0.15, 0.2) is 0 Å². The van der Waals surface area contributed by atoms with E-state index < -0.39 is 38.8 Å². The fourth-order valence-electron chi connectivity index (χ4n) is 5.43. The Morgan fingerprint density at radius 1 is 1.00 bits per heavy atom. The van der Waals surface area contributed by atoms with E-state index in [2.05, 4.69) is 0 Å². The number of hydrogen-bond acceptors (Lipinski definition) is 3. The molecule has 2 unspecified atom stereocenters.